The van der Waals surface area contributed by atoms with Crippen LogP contribution in [-0.4, -0.2) is 29.8 Å². The SMILES string of the molecule is Cc1ccc2c(OCCC3CCN(Cc4ccccc4)CC3)noc2c1. The standard InChI is InChI=1S/C22H26N2O2/c1-17-7-8-20-21(15-17)26-23-22(20)25-14-11-18-9-12-24(13-10-18)16-19-5-3-2-4-6-19/h2-8,15,18H,9-14,16H2,1H3. The van der Waals surface area contributed by atoms with E-state index >= 15 is 0 Å². The van der Waals surface area contributed by atoms with Crippen molar-refractivity contribution < 1.29 is 9.26 Å². The van der Waals surface area contributed by atoms with Gasteiger partial charge in [-0.1, -0.05) is 36.4 Å². The van der Waals surface area contributed by atoms with Gasteiger partial charge in [-0.15, -0.1) is 0 Å². The van der Waals surface area contributed by atoms with Crippen LogP contribution < -0.4 is 4.74 Å². The van der Waals surface area contributed by atoms with Crippen LogP contribution >= 0.6 is 0 Å². The van der Waals surface area contributed by atoms with Crippen LogP contribution in [0.3, 0.4) is 0 Å². The first-order valence-electron chi connectivity index (χ1n) is 9.53. The molecule has 1 aliphatic rings. The lowest BCUT2D eigenvalue weighted by atomic mass is 9.93. The van der Waals surface area contributed by atoms with E-state index in [-0.39, 0.29) is 0 Å². The van der Waals surface area contributed by atoms with E-state index in [1.54, 1.807) is 0 Å². The highest BCUT2D eigenvalue weighted by Crippen LogP contribution is 2.27. The molecule has 3 aromatic rings. The molecule has 4 nitrogen and oxygen atoms in total. The van der Waals surface area contributed by atoms with Gasteiger partial charge in [0.25, 0.3) is 5.88 Å². The zero-order valence-electron chi connectivity index (χ0n) is 15.4. The maximum Gasteiger partial charge on any atom is 0.262 e. The Hall–Kier alpha value is -2.33. The fraction of sp³-hybridized carbons (Fsp3) is 0.409. The summed E-state index contributed by atoms with van der Waals surface area (Å²) >= 11 is 0. The van der Waals surface area contributed by atoms with Crippen LogP contribution in [0.2, 0.25) is 0 Å². The quantitative estimate of drug-likeness (QED) is 0.639. The summed E-state index contributed by atoms with van der Waals surface area (Å²) in [6.07, 6.45) is 3.57. The van der Waals surface area contributed by atoms with Gasteiger partial charge >= 0.3 is 0 Å². The van der Waals surface area contributed by atoms with Crippen molar-refractivity contribution in [1.29, 1.82) is 0 Å². The lowest BCUT2D eigenvalue weighted by molar-refractivity contribution is 0.155. The second kappa shape index (κ2) is 7.92. The highest BCUT2D eigenvalue weighted by molar-refractivity contribution is 5.82. The van der Waals surface area contributed by atoms with E-state index < -0.39 is 0 Å². The summed E-state index contributed by atoms with van der Waals surface area (Å²) in [5, 5.41) is 5.04. The normalized spacial score (nSPS) is 16.2. The van der Waals surface area contributed by atoms with Crippen molar-refractivity contribution >= 4 is 11.0 Å². The number of likely N-dealkylation sites (tertiary alicyclic amines) is 1. The van der Waals surface area contributed by atoms with E-state index in [4.69, 9.17) is 9.26 Å². The van der Waals surface area contributed by atoms with Gasteiger partial charge in [-0.3, -0.25) is 4.90 Å². The Bertz CT molecular complexity index is 836. The smallest absolute Gasteiger partial charge is 0.262 e. The molecule has 2 heterocycles. The largest absolute Gasteiger partial charge is 0.475 e. The highest BCUT2D eigenvalue weighted by atomic mass is 16.5. The fourth-order valence-corrected chi connectivity index (χ4v) is 3.72. The molecule has 136 valence electrons. The van der Waals surface area contributed by atoms with Crippen molar-refractivity contribution in [2.75, 3.05) is 19.7 Å². The molecule has 0 unspecified atom stereocenters. The number of rotatable bonds is 6. The monoisotopic (exact) mass is 350 g/mol. The summed E-state index contributed by atoms with van der Waals surface area (Å²) in [5.74, 6) is 1.36. The van der Waals surface area contributed by atoms with Gasteiger partial charge < -0.3 is 9.26 Å². The Morgan fingerprint density at radius 2 is 1.92 bits per heavy atom. The van der Waals surface area contributed by atoms with Crippen LogP contribution in [-0.2, 0) is 6.54 Å². The molecule has 1 aliphatic heterocycles. The van der Waals surface area contributed by atoms with Crippen molar-refractivity contribution in [3.8, 4) is 5.88 Å². The molecule has 1 aromatic heterocycles. The van der Waals surface area contributed by atoms with Crippen LogP contribution in [0.5, 0.6) is 5.88 Å². The maximum atomic E-state index is 5.91. The number of ether oxygens (including phenoxy) is 1. The summed E-state index contributed by atoms with van der Waals surface area (Å²) in [4.78, 5) is 2.56. The van der Waals surface area contributed by atoms with Crippen LogP contribution in [0.1, 0.15) is 30.4 Å². The molecule has 0 amide bonds. The van der Waals surface area contributed by atoms with Crippen molar-refractivity contribution in [3.05, 3.63) is 59.7 Å². The molecule has 0 aliphatic carbocycles. The summed E-state index contributed by atoms with van der Waals surface area (Å²) in [5.41, 5.74) is 3.37. The van der Waals surface area contributed by atoms with E-state index in [0.717, 1.165) is 29.9 Å². The third-order valence-corrected chi connectivity index (χ3v) is 5.32. The van der Waals surface area contributed by atoms with Gasteiger partial charge in [-0.05, 0) is 73.6 Å². The van der Waals surface area contributed by atoms with Gasteiger partial charge in [-0.2, -0.15) is 0 Å². The van der Waals surface area contributed by atoms with Crippen molar-refractivity contribution in [1.82, 2.24) is 10.1 Å². The Balaban J connectivity index is 1.22. The molecule has 0 radical (unpaired) electrons. The number of hydrogen-bond acceptors (Lipinski definition) is 4. The van der Waals surface area contributed by atoms with Crippen LogP contribution in [0.25, 0.3) is 11.0 Å². The first-order chi connectivity index (χ1) is 12.8. The molecule has 4 rings (SSSR count). The Labute approximate surface area is 154 Å². The Kier molecular flexibility index (Phi) is 5.21. The summed E-state index contributed by atoms with van der Waals surface area (Å²) in [6, 6.07) is 16.8. The number of piperidine rings is 1. The molecule has 4 heteroatoms. The molecule has 0 saturated carbocycles. The third kappa shape index (κ3) is 4.07. The minimum atomic E-state index is 0.626. The van der Waals surface area contributed by atoms with E-state index in [1.807, 2.05) is 19.1 Å². The maximum absolute atomic E-state index is 5.91. The average Bonchev–Trinajstić information content (AvgIpc) is 3.06. The minimum absolute atomic E-state index is 0.626. The van der Waals surface area contributed by atoms with Crippen molar-refractivity contribution in [3.63, 3.8) is 0 Å². The molecule has 0 atom stereocenters. The first-order valence-corrected chi connectivity index (χ1v) is 9.53. The predicted molar refractivity (Wildman–Crippen MR) is 103 cm³/mol. The van der Waals surface area contributed by atoms with Gasteiger partial charge in [-0.25, -0.2) is 0 Å². The van der Waals surface area contributed by atoms with Crippen LogP contribution in [0.15, 0.2) is 53.1 Å². The lowest BCUT2D eigenvalue weighted by Gasteiger charge is -2.31. The minimum Gasteiger partial charge on any atom is -0.475 e. The second-order valence-electron chi connectivity index (χ2n) is 7.33. The Morgan fingerprint density at radius 3 is 2.73 bits per heavy atom. The van der Waals surface area contributed by atoms with Gasteiger partial charge in [0.1, 0.15) is 0 Å². The molecule has 0 N–H and O–H groups in total. The van der Waals surface area contributed by atoms with Crippen molar-refractivity contribution in [2.45, 2.75) is 32.7 Å². The summed E-state index contributed by atoms with van der Waals surface area (Å²) in [6.45, 7) is 6.16. The fourth-order valence-electron chi connectivity index (χ4n) is 3.72. The van der Waals surface area contributed by atoms with Gasteiger partial charge in [0.2, 0.25) is 0 Å². The van der Waals surface area contributed by atoms with E-state index in [2.05, 4.69) is 46.5 Å². The summed E-state index contributed by atoms with van der Waals surface area (Å²) < 4.78 is 11.3. The third-order valence-electron chi connectivity index (χ3n) is 5.32. The number of benzene rings is 2. The lowest BCUT2D eigenvalue weighted by Crippen LogP contribution is -2.33. The molecule has 1 saturated heterocycles. The van der Waals surface area contributed by atoms with Gasteiger partial charge in [0, 0.05) is 6.54 Å². The average molecular weight is 350 g/mol. The topological polar surface area (TPSA) is 38.5 Å². The van der Waals surface area contributed by atoms with Crippen LogP contribution in [0.4, 0.5) is 0 Å². The van der Waals surface area contributed by atoms with Crippen molar-refractivity contribution in [2.24, 2.45) is 5.92 Å². The zero-order chi connectivity index (χ0) is 17.8. The molecule has 2 aromatic carbocycles. The van der Waals surface area contributed by atoms with E-state index in [1.165, 1.54) is 37.1 Å². The number of nitrogens with zero attached hydrogens (tertiary/aromatic N) is 2. The first kappa shape index (κ1) is 17.1. The van der Waals surface area contributed by atoms with Gasteiger partial charge in [0.15, 0.2) is 5.58 Å². The number of aryl methyl sites for hydroxylation is 1. The second-order valence-corrected chi connectivity index (χ2v) is 7.33. The molecular weight excluding hydrogens is 324 g/mol. The number of fused-ring (bicyclic) bond motifs is 1. The molecule has 1 fully saturated rings. The van der Waals surface area contributed by atoms with Gasteiger partial charge in [0.05, 0.1) is 12.0 Å². The zero-order valence-corrected chi connectivity index (χ0v) is 15.4. The predicted octanol–water partition coefficient (Wildman–Crippen LogP) is 4.82. The van der Waals surface area contributed by atoms with E-state index in [0.29, 0.717) is 12.5 Å². The van der Waals surface area contributed by atoms with Crippen LogP contribution in [0, 0.1) is 12.8 Å². The Morgan fingerprint density at radius 1 is 1.12 bits per heavy atom. The number of hydrogen-bond donors (Lipinski definition) is 0. The van der Waals surface area contributed by atoms with E-state index in [9.17, 15) is 0 Å². The highest BCUT2D eigenvalue weighted by Gasteiger charge is 2.19. The summed E-state index contributed by atoms with van der Waals surface area (Å²) in [7, 11) is 0. The molecule has 0 spiro atoms. The molecule has 26 heavy (non-hydrogen) atoms. The molecule has 0 bridgehead atoms. The molecular formula is C22H26N2O2. The number of aromatic nitrogens is 1.